The van der Waals surface area contributed by atoms with Crippen molar-refractivity contribution in [3.63, 3.8) is 0 Å². The lowest BCUT2D eigenvalue weighted by Gasteiger charge is -2.26. The smallest absolute Gasteiger partial charge is 0.157 e. The van der Waals surface area contributed by atoms with Crippen LogP contribution >= 0.6 is 11.8 Å². The average molecular weight is 253 g/mol. The third-order valence-corrected chi connectivity index (χ3v) is 5.32. The molecule has 1 N–H and O–H groups in total. The zero-order valence-electron chi connectivity index (χ0n) is 10.7. The van der Waals surface area contributed by atoms with E-state index < -0.39 is 0 Å². The van der Waals surface area contributed by atoms with E-state index in [1.54, 1.807) is 0 Å². The second-order valence-corrected chi connectivity index (χ2v) is 6.51. The predicted octanol–water partition coefficient (Wildman–Crippen LogP) is 2.08. The van der Waals surface area contributed by atoms with Gasteiger partial charge in [0.15, 0.2) is 5.17 Å². The highest BCUT2D eigenvalue weighted by Gasteiger charge is 2.37. The van der Waals surface area contributed by atoms with Crippen molar-refractivity contribution in [2.24, 2.45) is 4.99 Å². The lowest BCUT2D eigenvalue weighted by molar-refractivity contribution is 0.314. The Balaban J connectivity index is 1.64. The van der Waals surface area contributed by atoms with E-state index in [1.165, 1.54) is 56.1 Å². The molecule has 3 heterocycles. The average Bonchev–Trinajstić information content (AvgIpc) is 2.94. The van der Waals surface area contributed by atoms with Crippen molar-refractivity contribution in [2.75, 3.05) is 18.8 Å². The summed E-state index contributed by atoms with van der Waals surface area (Å²) < 4.78 is 0. The molecule has 3 nitrogen and oxygen atoms in total. The first kappa shape index (κ1) is 11.8. The summed E-state index contributed by atoms with van der Waals surface area (Å²) in [4.78, 5) is 7.64. The number of rotatable bonds is 2. The summed E-state index contributed by atoms with van der Waals surface area (Å²) >= 11 is 1.92. The second-order valence-electron chi connectivity index (χ2n) is 5.42. The number of nitrogens with zero attached hydrogens (tertiary/aromatic N) is 2. The number of nitrogens with one attached hydrogen (secondary N) is 1. The van der Waals surface area contributed by atoms with Crippen LogP contribution in [0, 0.1) is 0 Å². The number of aliphatic imine (C=N–C) groups is 1. The lowest BCUT2D eigenvalue weighted by Crippen LogP contribution is -2.39. The Kier molecular flexibility index (Phi) is 3.61. The van der Waals surface area contributed by atoms with Crippen LogP contribution in [0.15, 0.2) is 4.99 Å². The van der Waals surface area contributed by atoms with Gasteiger partial charge in [0.1, 0.15) is 0 Å². The Bertz CT molecular complexity index is 305. The first-order valence-electron chi connectivity index (χ1n) is 7.08. The number of amidine groups is 1. The van der Waals surface area contributed by atoms with E-state index in [-0.39, 0.29) is 0 Å². The van der Waals surface area contributed by atoms with Gasteiger partial charge in [-0.25, -0.2) is 0 Å². The van der Waals surface area contributed by atoms with Crippen molar-refractivity contribution >= 4 is 16.9 Å². The molecule has 3 aliphatic heterocycles. The number of thioether (sulfide) groups is 1. The fourth-order valence-electron chi connectivity index (χ4n) is 3.32. The van der Waals surface area contributed by atoms with Crippen LogP contribution in [-0.4, -0.2) is 47.0 Å². The van der Waals surface area contributed by atoms with Gasteiger partial charge >= 0.3 is 0 Å². The molecule has 17 heavy (non-hydrogen) atoms. The van der Waals surface area contributed by atoms with Gasteiger partial charge in [-0.3, -0.25) is 9.89 Å². The highest BCUT2D eigenvalue weighted by atomic mass is 32.2. The van der Waals surface area contributed by atoms with Crippen LogP contribution in [0.2, 0.25) is 0 Å². The largest absolute Gasteiger partial charge is 0.362 e. The minimum absolute atomic E-state index is 0.572. The molecule has 3 fully saturated rings. The highest BCUT2D eigenvalue weighted by molar-refractivity contribution is 8.13. The van der Waals surface area contributed by atoms with Crippen molar-refractivity contribution in [1.29, 1.82) is 0 Å². The van der Waals surface area contributed by atoms with Crippen molar-refractivity contribution in [3.8, 4) is 0 Å². The maximum absolute atomic E-state index is 5.00. The van der Waals surface area contributed by atoms with Gasteiger partial charge in [-0.1, -0.05) is 18.7 Å². The van der Waals surface area contributed by atoms with Gasteiger partial charge in [-0.15, -0.1) is 0 Å². The Morgan fingerprint density at radius 3 is 3.18 bits per heavy atom. The van der Waals surface area contributed by atoms with E-state index >= 15 is 0 Å². The van der Waals surface area contributed by atoms with E-state index in [4.69, 9.17) is 4.99 Å². The Labute approximate surface area is 108 Å². The summed E-state index contributed by atoms with van der Waals surface area (Å²) in [5.41, 5.74) is 0. The van der Waals surface area contributed by atoms with E-state index in [2.05, 4.69) is 17.1 Å². The fourth-order valence-corrected chi connectivity index (χ4v) is 4.38. The van der Waals surface area contributed by atoms with Crippen LogP contribution < -0.4 is 5.32 Å². The van der Waals surface area contributed by atoms with Gasteiger partial charge in [0.2, 0.25) is 0 Å². The Morgan fingerprint density at radius 2 is 2.29 bits per heavy atom. The molecule has 3 atom stereocenters. The monoisotopic (exact) mass is 253 g/mol. The third-order valence-electron chi connectivity index (χ3n) is 4.38. The minimum Gasteiger partial charge on any atom is -0.362 e. The molecule has 0 radical (unpaired) electrons. The first-order valence-corrected chi connectivity index (χ1v) is 8.06. The molecule has 0 saturated carbocycles. The van der Waals surface area contributed by atoms with Crippen LogP contribution in [0.25, 0.3) is 0 Å². The number of fused-ring (bicyclic) bond motifs is 1. The van der Waals surface area contributed by atoms with Gasteiger partial charge in [0.05, 0.1) is 6.04 Å². The van der Waals surface area contributed by atoms with Gasteiger partial charge in [-0.2, -0.15) is 0 Å². The Hall–Kier alpha value is -0.220. The maximum Gasteiger partial charge on any atom is 0.157 e. The molecule has 96 valence electrons. The van der Waals surface area contributed by atoms with Gasteiger partial charge in [0, 0.05) is 24.4 Å². The van der Waals surface area contributed by atoms with E-state index in [9.17, 15) is 0 Å². The molecule has 3 saturated heterocycles. The second kappa shape index (κ2) is 5.19. The minimum atomic E-state index is 0.572. The number of hydrogen-bond donors (Lipinski definition) is 1. The van der Waals surface area contributed by atoms with E-state index in [1.807, 2.05) is 11.8 Å². The molecule has 0 aromatic heterocycles. The standard InChI is InChI=1S/C13H23N3S/c1-2-10-6-9-17-13(14-10)15-11-5-8-16-7-3-4-12(11)16/h10-12H,2-9H2,1H3,(H,14,15). The van der Waals surface area contributed by atoms with Crippen LogP contribution in [0.1, 0.15) is 39.0 Å². The molecule has 0 aliphatic carbocycles. The fraction of sp³-hybridized carbons (Fsp3) is 0.923. The zero-order chi connectivity index (χ0) is 11.7. The summed E-state index contributed by atoms with van der Waals surface area (Å²) in [6.07, 6.45) is 6.53. The molecule has 0 spiro atoms. The summed E-state index contributed by atoms with van der Waals surface area (Å²) in [6, 6.07) is 1.99. The molecule has 0 aromatic carbocycles. The van der Waals surface area contributed by atoms with Crippen LogP contribution in [0.5, 0.6) is 0 Å². The summed E-state index contributed by atoms with van der Waals surface area (Å²) in [7, 11) is 0. The lowest BCUT2D eigenvalue weighted by atomic mass is 10.1. The van der Waals surface area contributed by atoms with Gasteiger partial charge in [0.25, 0.3) is 0 Å². The quantitative estimate of drug-likeness (QED) is 0.816. The van der Waals surface area contributed by atoms with E-state index in [0.29, 0.717) is 12.1 Å². The van der Waals surface area contributed by atoms with Crippen LogP contribution in [-0.2, 0) is 0 Å². The molecule has 0 aromatic rings. The third kappa shape index (κ3) is 2.48. The molecule has 3 unspecified atom stereocenters. The summed E-state index contributed by atoms with van der Waals surface area (Å²) in [5.74, 6) is 1.24. The van der Waals surface area contributed by atoms with Gasteiger partial charge in [-0.05, 0) is 38.6 Å². The molecule has 3 aliphatic rings. The highest BCUT2D eigenvalue weighted by Crippen LogP contribution is 2.31. The molecular formula is C13H23N3S. The maximum atomic E-state index is 5.00. The normalized spacial score (nSPS) is 40.5. The van der Waals surface area contributed by atoms with Crippen LogP contribution in [0.4, 0.5) is 0 Å². The van der Waals surface area contributed by atoms with E-state index in [0.717, 1.165) is 6.04 Å². The SMILES string of the molecule is CCC1CCSC(=NC2CCN3CCCC23)N1. The molecule has 3 rings (SSSR count). The molecule has 4 heteroatoms. The Morgan fingerprint density at radius 1 is 1.35 bits per heavy atom. The first-order chi connectivity index (χ1) is 8.36. The molecular weight excluding hydrogens is 230 g/mol. The topological polar surface area (TPSA) is 27.6 Å². The summed E-state index contributed by atoms with van der Waals surface area (Å²) in [5, 5.41) is 4.83. The molecule has 0 bridgehead atoms. The summed E-state index contributed by atoms with van der Waals surface area (Å²) in [6.45, 7) is 4.84. The van der Waals surface area contributed by atoms with Gasteiger partial charge < -0.3 is 5.32 Å². The van der Waals surface area contributed by atoms with Crippen molar-refractivity contribution < 1.29 is 0 Å². The number of hydrogen-bond acceptors (Lipinski definition) is 3. The van der Waals surface area contributed by atoms with Crippen molar-refractivity contribution in [3.05, 3.63) is 0 Å². The zero-order valence-corrected chi connectivity index (χ0v) is 11.5. The predicted molar refractivity (Wildman–Crippen MR) is 74.7 cm³/mol. The van der Waals surface area contributed by atoms with Crippen LogP contribution in [0.3, 0.4) is 0 Å². The van der Waals surface area contributed by atoms with Crippen molar-refractivity contribution in [1.82, 2.24) is 10.2 Å². The molecule has 0 amide bonds. The van der Waals surface area contributed by atoms with Crippen molar-refractivity contribution in [2.45, 2.75) is 57.2 Å².